The van der Waals surface area contributed by atoms with E-state index in [0.29, 0.717) is 6.42 Å². The molecule has 0 amide bonds. The van der Waals surface area contributed by atoms with Crippen LogP contribution in [0.4, 0.5) is 0 Å². The fourth-order valence-corrected chi connectivity index (χ4v) is 2.72. The largest absolute Gasteiger partial charge is 0.748 e. The van der Waals surface area contributed by atoms with Crippen molar-refractivity contribution in [1.29, 1.82) is 0 Å². The zero-order valence-corrected chi connectivity index (χ0v) is 16.1. The highest BCUT2D eigenvalue weighted by Gasteiger charge is 1.94. The molecule has 1 N–H and O–H groups in total. The van der Waals surface area contributed by atoms with Crippen LogP contribution in [0.1, 0.15) is 84.5 Å². The standard InChI is InChI=1S/C14H31N.C3H8O3S/c1-4-5-6-7-8-9-10-11-12-13-14-15(2)3;1-2-3-7(4,5)6/h4-14H2,1-3H3;2-3H2,1H3,(H,4,5,6). The molecule has 0 unspecified atom stereocenters. The first-order valence-corrected chi connectivity index (χ1v) is 10.6. The third-order valence-corrected chi connectivity index (χ3v) is 4.39. The van der Waals surface area contributed by atoms with Gasteiger partial charge in [0.1, 0.15) is 0 Å². The van der Waals surface area contributed by atoms with Crippen molar-refractivity contribution >= 4 is 10.1 Å². The normalized spacial score (nSPS) is 11.4. The fourth-order valence-electron chi connectivity index (χ4n) is 2.22. The Kier molecular flexibility index (Phi) is 18.9. The van der Waals surface area contributed by atoms with E-state index < -0.39 is 10.1 Å². The molecule has 0 bridgehead atoms. The minimum Gasteiger partial charge on any atom is -0.748 e. The molecular formula is C17H39NO3S. The summed E-state index contributed by atoms with van der Waals surface area (Å²) < 4.78 is 29.0. The van der Waals surface area contributed by atoms with E-state index in [2.05, 4.69) is 21.0 Å². The Hall–Kier alpha value is -0.130. The van der Waals surface area contributed by atoms with E-state index in [1.807, 2.05) is 0 Å². The van der Waals surface area contributed by atoms with E-state index >= 15 is 0 Å². The van der Waals surface area contributed by atoms with Gasteiger partial charge in [0.2, 0.25) is 0 Å². The summed E-state index contributed by atoms with van der Waals surface area (Å²) in [5.41, 5.74) is 0. The van der Waals surface area contributed by atoms with Gasteiger partial charge in [-0.1, -0.05) is 65.2 Å². The molecule has 0 heterocycles. The van der Waals surface area contributed by atoms with Gasteiger partial charge in [-0.25, -0.2) is 8.42 Å². The van der Waals surface area contributed by atoms with E-state index in [0.717, 1.165) is 0 Å². The number of nitrogens with one attached hydrogen (secondary N) is 1. The summed E-state index contributed by atoms with van der Waals surface area (Å²) in [6.07, 6.45) is 14.9. The molecule has 0 atom stereocenters. The average molecular weight is 338 g/mol. The lowest BCUT2D eigenvalue weighted by molar-refractivity contribution is -0.858. The Bertz CT molecular complexity index is 303. The second kappa shape index (κ2) is 17.2. The minimum absolute atomic E-state index is 0.243. The van der Waals surface area contributed by atoms with Gasteiger partial charge in [-0.05, 0) is 19.3 Å². The van der Waals surface area contributed by atoms with Crippen LogP contribution in [0, 0.1) is 0 Å². The lowest BCUT2D eigenvalue weighted by atomic mass is 10.1. The number of hydrogen-bond donors (Lipinski definition) is 1. The quantitative estimate of drug-likeness (QED) is 0.415. The molecule has 0 aliphatic rings. The third kappa shape index (κ3) is 28.1. The van der Waals surface area contributed by atoms with Gasteiger partial charge in [-0.3, -0.25) is 0 Å². The van der Waals surface area contributed by atoms with Gasteiger partial charge in [0, 0.05) is 5.75 Å². The van der Waals surface area contributed by atoms with Crippen LogP contribution in [0.15, 0.2) is 0 Å². The number of hydrogen-bond acceptors (Lipinski definition) is 3. The molecule has 0 radical (unpaired) electrons. The second-order valence-electron chi connectivity index (χ2n) is 6.40. The zero-order chi connectivity index (χ0) is 17.3. The number of quaternary nitrogens is 1. The van der Waals surface area contributed by atoms with Gasteiger partial charge in [-0.2, -0.15) is 0 Å². The van der Waals surface area contributed by atoms with Crippen LogP contribution in [0.3, 0.4) is 0 Å². The summed E-state index contributed by atoms with van der Waals surface area (Å²) in [4.78, 5) is 1.59. The van der Waals surface area contributed by atoms with Crippen molar-refractivity contribution in [2.45, 2.75) is 84.5 Å². The van der Waals surface area contributed by atoms with Crippen molar-refractivity contribution in [2.24, 2.45) is 0 Å². The van der Waals surface area contributed by atoms with Crippen LogP contribution in [-0.2, 0) is 10.1 Å². The van der Waals surface area contributed by atoms with Crippen molar-refractivity contribution in [3.63, 3.8) is 0 Å². The predicted molar refractivity (Wildman–Crippen MR) is 94.4 cm³/mol. The molecule has 0 saturated heterocycles. The van der Waals surface area contributed by atoms with Crippen molar-refractivity contribution in [3.05, 3.63) is 0 Å². The second-order valence-corrected chi connectivity index (χ2v) is 7.92. The van der Waals surface area contributed by atoms with Crippen molar-refractivity contribution in [1.82, 2.24) is 0 Å². The first-order valence-electron chi connectivity index (χ1n) is 9.06. The first-order chi connectivity index (χ1) is 10.3. The maximum Gasteiger partial charge on any atom is 0.0945 e. The van der Waals surface area contributed by atoms with E-state index in [1.165, 1.54) is 70.8 Å². The lowest BCUT2D eigenvalue weighted by Crippen LogP contribution is -3.05. The summed E-state index contributed by atoms with van der Waals surface area (Å²) in [5, 5.41) is 0. The summed E-state index contributed by atoms with van der Waals surface area (Å²) >= 11 is 0. The molecule has 5 heteroatoms. The Balaban J connectivity index is 0. The van der Waals surface area contributed by atoms with Crippen LogP contribution in [0.25, 0.3) is 0 Å². The molecule has 136 valence electrons. The summed E-state index contributed by atoms with van der Waals surface area (Å²) in [6.45, 7) is 5.28. The molecule has 0 fully saturated rings. The van der Waals surface area contributed by atoms with Gasteiger partial charge in [0.15, 0.2) is 0 Å². The van der Waals surface area contributed by atoms with Gasteiger partial charge < -0.3 is 9.45 Å². The topological polar surface area (TPSA) is 61.6 Å². The van der Waals surface area contributed by atoms with Gasteiger partial charge in [0.25, 0.3) is 0 Å². The van der Waals surface area contributed by atoms with Gasteiger partial charge in [-0.15, -0.1) is 0 Å². The predicted octanol–water partition coefficient (Wildman–Crippen LogP) is 2.99. The van der Waals surface area contributed by atoms with E-state index in [-0.39, 0.29) is 5.75 Å². The highest BCUT2D eigenvalue weighted by Crippen LogP contribution is 2.09. The van der Waals surface area contributed by atoms with E-state index in [9.17, 15) is 13.0 Å². The molecule has 0 aromatic carbocycles. The molecule has 0 saturated carbocycles. The molecule has 0 aliphatic carbocycles. The van der Waals surface area contributed by atoms with Crippen LogP contribution in [-0.4, -0.2) is 39.4 Å². The van der Waals surface area contributed by atoms with Gasteiger partial charge in [0.05, 0.1) is 30.8 Å². The van der Waals surface area contributed by atoms with Crippen molar-refractivity contribution in [2.75, 3.05) is 26.4 Å². The zero-order valence-electron chi connectivity index (χ0n) is 15.3. The Morgan fingerprint density at radius 3 is 1.41 bits per heavy atom. The Labute approximate surface area is 139 Å². The summed E-state index contributed by atoms with van der Waals surface area (Å²) in [7, 11) is 0.563. The molecule has 22 heavy (non-hydrogen) atoms. The Morgan fingerprint density at radius 1 is 0.727 bits per heavy atom. The molecule has 0 aromatic heterocycles. The van der Waals surface area contributed by atoms with Crippen LogP contribution in [0.5, 0.6) is 0 Å². The van der Waals surface area contributed by atoms with Crippen LogP contribution >= 0.6 is 0 Å². The molecule has 0 spiro atoms. The Morgan fingerprint density at radius 2 is 1.14 bits per heavy atom. The molecule has 0 aliphatic heterocycles. The maximum atomic E-state index is 9.68. The molecule has 4 nitrogen and oxygen atoms in total. The average Bonchev–Trinajstić information content (AvgIpc) is 2.40. The maximum absolute atomic E-state index is 9.68. The molecular weight excluding hydrogens is 298 g/mol. The lowest BCUT2D eigenvalue weighted by Gasteiger charge is -2.06. The number of unbranched alkanes of at least 4 members (excludes halogenated alkanes) is 9. The van der Waals surface area contributed by atoms with E-state index in [1.54, 1.807) is 11.8 Å². The third-order valence-electron chi connectivity index (χ3n) is 3.48. The van der Waals surface area contributed by atoms with Crippen molar-refractivity contribution < 1.29 is 17.9 Å². The number of rotatable bonds is 13. The summed E-state index contributed by atoms with van der Waals surface area (Å²) in [5.74, 6) is -0.243. The van der Waals surface area contributed by atoms with Gasteiger partial charge >= 0.3 is 0 Å². The smallest absolute Gasteiger partial charge is 0.0945 e. The summed E-state index contributed by atoms with van der Waals surface area (Å²) in [6, 6.07) is 0. The fraction of sp³-hybridized carbons (Fsp3) is 1.00. The first kappa shape index (κ1) is 24.1. The molecule has 0 rings (SSSR count). The van der Waals surface area contributed by atoms with Crippen LogP contribution in [0.2, 0.25) is 0 Å². The minimum atomic E-state index is -3.92. The molecule has 0 aromatic rings. The van der Waals surface area contributed by atoms with Crippen molar-refractivity contribution in [3.8, 4) is 0 Å². The SMILES string of the molecule is CCCCCCCCCCCC[NH+](C)C.CCCS(=O)(=O)[O-]. The highest BCUT2D eigenvalue weighted by atomic mass is 32.2. The highest BCUT2D eigenvalue weighted by molar-refractivity contribution is 7.85. The monoisotopic (exact) mass is 337 g/mol. The van der Waals surface area contributed by atoms with E-state index in [4.69, 9.17) is 0 Å². The van der Waals surface area contributed by atoms with Crippen LogP contribution < -0.4 is 4.90 Å².